The topological polar surface area (TPSA) is 92.3 Å². The Bertz CT molecular complexity index is 1330. The minimum atomic E-state index is -0.295. The molecule has 2 amide bonds. The van der Waals surface area contributed by atoms with Gasteiger partial charge in [-0.2, -0.15) is 0 Å². The van der Waals surface area contributed by atoms with Gasteiger partial charge in [0.1, 0.15) is 0 Å². The van der Waals surface area contributed by atoms with Gasteiger partial charge in [-0.25, -0.2) is 4.98 Å². The van der Waals surface area contributed by atoms with Gasteiger partial charge >= 0.3 is 0 Å². The Morgan fingerprint density at radius 3 is 2.62 bits per heavy atom. The summed E-state index contributed by atoms with van der Waals surface area (Å²) in [5.74, 6) is -0.114. The first-order valence-electron chi connectivity index (χ1n) is 10.9. The highest BCUT2D eigenvalue weighted by atomic mass is 32.1. The quantitative estimate of drug-likeness (QED) is 0.319. The highest BCUT2D eigenvalue weighted by Gasteiger charge is 2.18. The molecule has 2 aromatic heterocycles. The van der Waals surface area contributed by atoms with E-state index in [9.17, 15) is 9.59 Å². The van der Waals surface area contributed by atoms with Crippen molar-refractivity contribution in [2.24, 2.45) is 0 Å². The lowest BCUT2D eigenvalue weighted by Crippen LogP contribution is -2.35. The van der Waals surface area contributed by atoms with E-state index in [-0.39, 0.29) is 17.9 Å². The molecule has 2 heterocycles. The number of para-hydroxylation sites is 1. The summed E-state index contributed by atoms with van der Waals surface area (Å²) in [6.07, 6.45) is 1.49. The van der Waals surface area contributed by atoms with Crippen LogP contribution in [-0.2, 0) is 4.74 Å². The second kappa shape index (κ2) is 10.5. The minimum Gasteiger partial charge on any atom is -0.383 e. The van der Waals surface area contributed by atoms with Crippen LogP contribution >= 0.6 is 11.3 Å². The standard InChI is InChI=1S/C26H26N4O3S/c1-16-8-4-6-10-21(16)29-24-22(12-18(13-27-24)25(31)28-17(2)14-33-3)30-26(32)20-15-34-23-11-7-5-9-19(20)23/h4-13,15,17H,14H2,1-3H3,(H,27,29)(H,28,31)(H,30,32)/t17-/m1/s1. The zero-order chi connectivity index (χ0) is 24.1. The Morgan fingerprint density at radius 1 is 1.06 bits per heavy atom. The molecule has 0 radical (unpaired) electrons. The predicted molar refractivity (Wildman–Crippen MR) is 137 cm³/mol. The van der Waals surface area contributed by atoms with Crippen molar-refractivity contribution in [3.05, 3.63) is 82.9 Å². The number of pyridine rings is 1. The molecule has 0 aliphatic rings. The van der Waals surface area contributed by atoms with Crippen LogP contribution in [0.3, 0.4) is 0 Å². The molecule has 0 aliphatic heterocycles. The summed E-state index contributed by atoms with van der Waals surface area (Å²) in [5.41, 5.74) is 3.21. The summed E-state index contributed by atoms with van der Waals surface area (Å²) < 4.78 is 6.13. The maximum Gasteiger partial charge on any atom is 0.257 e. The molecule has 34 heavy (non-hydrogen) atoms. The zero-order valence-electron chi connectivity index (χ0n) is 19.2. The van der Waals surface area contributed by atoms with Crippen LogP contribution in [0.5, 0.6) is 0 Å². The van der Waals surface area contributed by atoms with E-state index in [4.69, 9.17) is 4.74 Å². The Morgan fingerprint density at radius 2 is 1.82 bits per heavy atom. The number of aryl methyl sites for hydroxylation is 1. The van der Waals surface area contributed by atoms with Crippen LogP contribution < -0.4 is 16.0 Å². The first-order valence-corrected chi connectivity index (χ1v) is 11.7. The van der Waals surface area contributed by atoms with Crippen molar-refractivity contribution < 1.29 is 14.3 Å². The molecule has 4 aromatic rings. The predicted octanol–water partition coefficient (Wildman–Crippen LogP) is 5.37. The molecule has 7 nitrogen and oxygen atoms in total. The molecule has 8 heteroatoms. The van der Waals surface area contributed by atoms with Crippen LogP contribution in [0.2, 0.25) is 0 Å². The number of amides is 2. The summed E-state index contributed by atoms with van der Waals surface area (Å²) in [6, 6.07) is 17.0. The smallest absolute Gasteiger partial charge is 0.257 e. The molecule has 0 unspecified atom stereocenters. The fourth-order valence-electron chi connectivity index (χ4n) is 3.57. The molecule has 174 valence electrons. The van der Waals surface area contributed by atoms with Crippen molar-refractivity contribution in [2.75, 3.05) is 24.4 Å². The summed E-state index contributed by atoms with van der Waals surface area (Å²) in [5, 5.41) is 11.8. The fourth-order valence-corrected chi connectivity index (χ4v) is 4.51. The number of ether oxygens (including phenoxy) is 1. The molecular weight excluding hydrogens is 448 g/mol. The van der Waals surface area contributed by atoms with E-state index in [2.05, 4.69) is 20.9 Å². The maximum absolute atomic E-state index is 13.2. The van der Waals surface area contributed by atoms with Gasteiger partial charge in [-0.05, 0) is 37.6 Å². The van der Waals surface area contributed by atoms with E-state index < -0.39 is 0 Å². The number of methoxy groups -OCH3 is 1. The molecule has 3 N–H and O–H groups in total. The average molecular weight is 475 g/mol. The third kappa shape index (κ3) is 5.24. The van der Waals surface area contributed by atoms with E-state index in [0.717, 1.165) is 21.3 Å². The third-order valence-electron chi connectivity index (χ3n) is 5.32. The van der Waals surface area contributed by atoms with Gasteiger partial charge in [0.25, 0.3) is 11.8 Å². The molecule has 1 atom stereocenters. The number of benzene rings is 2. The number of thiophene rings is 1. The number of anilines is 3. The van der Waals surface area contributed by atoms with E-state index in [1.807, 2.05) is 67.8 Å². The first-order chi connectivity index (χ1) is 16.5. The van der Waals surface area contributed by atoms with Crippen molar-refractivity contribution >= 4 is 50.4 Å². The minimum absolute atomic E-state index is 0.169. The van der Waals surface area contributed by atoms with Crippen LogP contribution in [0.4, 0.5) is 17.2 Å². The van der Waals surface area contributed by atoms with Gasteiger partial charge in [-0.1, -0.05) is 36.4 Å². The van der Waals surface area contributed by atoms with Crippen molar-refractivity contribution in [3.63, 3.8) is 0 Å². The SMILES string of the molecule is COC[C@@H](C)NC(=O)c1cnc(Nc2ccccc2C)c(NC(=O)c2csc3ccccc23)c1. The van der Waals surface area contributed by atoms with Crippen LogP contribution in [0, 0.1) is 6.92 Å². The monoisotopic (exact) mass is 474 g/mol. The van der Waals surface area contributed by atoms with E-state index >= 15 is 0 Å². The van der Waals surface area contributed by atoms with Crippen LogP contribution in [0.15, 0.2) is 66.2 Å². The van der Waals surface area contributed by atoms with E-state index in [1.54, 1.807) is 13.2 Å². The lowest BCUT2D eigenvalue weighted by Gasteiger charge is -2.16. The number of nitrogens with zero attached hydrogens (tertiary/aromatic N) is 1. The Labute approximate surface area is 202 Å². The lowest BCUT2D eigenvalue weighted by molar-refractivity contribution is 0.0904. The molecule has 0 spiro atoms. The number of hydrogen-bond donors (Lipinski definition) is 3. The van der Waals surface area contributed by atoms with Gasteiger partial charge in [0.15, 0.2) is 5.82 Å². The summed E-state index contributed by atoms with van der Waals surface area (Å²) in [6.45, 7) is 4.23. The number of carbonyl (C=O) groups excluding carboxylic acids is 2. The van der Waals surface area contributed by atoms with Crippen LogP contribution in [0.25, 0.3) is 10.1 Å². The first kappa shape index (κ1) is 23.4. The molecule has 0 saturated carbocycles. The van der Waals surface area contributed by atoms with Crippen molar-refractivity contribution in [3.8, 4) is 0 Å². The Hall–Kier alpha value is -3.75. The average Bonchev–Trinajstić information content (AvgIpc) is 3.26. The van der Waals surface area contributed by atoms with Gasteiger partial charge in [-0.3, -0.25) is 9.59 Å². The summed E-state index contributed by atoms with van der Waals surface area (Å²) in [7, 11) is 1.58. The largest absolute Gasteiger partial charge is 0.383 e. The van der Waals surface area contributed by atoms with E-state index in [1.165, 1.54) is 17.5 Å². The summed E-state index contributed by atoms with van der Waals surface area (Å²) >= 11 is 1.51. The molecule has 0 bridgehead atoms. The molecule has 0 fully saturated rings. The van der Waals surface area contributed by atoms with Crippen molar-refractivity contribution in [1.82, 2.24) is 10.3 Å². The highest BCUT2D eigenvalue weighted by molar-refractivity contribution is 7.17. The fraction of sp³-hybridized carbons (Fsp3) is 0.192. The highest BCUT2D eigenvalue weighted by Crippen LogP contribution is 2.29. The molecular formula is C26H26N4O3S. The molecule has 2 aromatic carbocycles. The summed E-state index contributed by atoms with van der Waals surface area (Å²) in [4.78, 5) is 30.5. The second-order valence-electron chi connectivity index (χ2n) is 7.99. The van der Waals surface area contributed by atoms with Crippen LogP contribution in [0.1, 0.15) is 33.2 Å². The van der Waals surface area contributed by atoms with Gasteiger partial charge in [0.2, 0.25) is 0 Å². The molecule has 0 saturated heterocycles. The number of nitrogens with one attached hydrogen (secondary N) is 3. The number of aromatic nitrogens is 1. The van der Waals surface area contributed by atoms with Gasteiger partial charge in [-0.15, -0.1) is 11.3 Å². The third-order valence-corrected chi connectivity index (χ3v) is 6.28. The van der Waals surface area contributed by atoms with Gasteiger partial charge < -0.3 is 20.7 Å². The van der Waals surface area contributed by atoms with Crippen molar-refractivity contribution in [1.29, 1.82) is 0 Å². The normalized spacial score (nSPS) is 11.7. The zero-order valence-corrected chi connectivity index (χ0v) is 20.0. The lowest BCUT2D eigenvalue weighted by atomic mass is 10.1. The Balaban J connectivity index is 1.67. The van der Waals surface area contributed by atoms with Crippen molar-refractivity contribution in [2.45, 2.75) is 19.9 Å². The Kier molecular flexibility index (Phi) is 7.20. The number of hydrogen-bond acceptors (Lipinski definition) is 6. The molecule has 0 aliphatic carbocycles. The van der Waals surface area contributed by atoms with Gasteiger partial charge in [0, 0.05) is 40.5 Å². The van der Waals surface area contributed by atoms with Crippen LogP contribution in [-0.4, -0.2) is 36.6 Å². The van der Waals surface area contributed by atoms with Gasteiger partial charge in [0.05, 0.1) is 23.4 Å². The number of rotatable bonds is 8. The van der Waals surface area contributed by atoms with E-state index in [0.29, 0.717) is 29.2 Å². The second-order valence-corrected chi connectivity index (χ2v) is 8.90. The number of fused-ring (bicyclic) bond motifs is 1. The molecule has 4 rings (SSSR count). The number of carbonyl (C=O) groups is 2. The maximum atomic E-state index is 13.2.